The molecule has 1 atom stereocenters. The Kier molecular flexibility index (Phi) is 4.24. The van der Waals surface area contributed by atoms with E-state index in [1.165, 1.54) is 16.4 Å². The van der Waals surface area contributed by atoms with Crippen LogP contribution in [0.1, 0.15) is 19.3 Å². The molecule has 0 aliphatic carbocycles. The van der Waals surface area contributed by atoms with Gasteiger partial charge in [0.05, 0.1) is 10.9 Å². The average Bonchev–Trinajstić information content (AvgIpc) is 2.47. The summed E-state index contributed by atoms with van der Waals surface area (Å²) in [6.07, 6.45) is 2.00. The Labute approximate surface area is 116 Å². The SMILES string of the molecule is NC(=NO)[C@@H]1CCCCN1S(=O)(=O)c1ccc(F)cc1. The van der Waals surface area contributed by atoms with Crippen molar-refractivity contribution in [3.05, 3.63) is 30.1 Å². The van der Waals surface area contributed by atoms with Crippen molar-refractivity contribution >= 4 is 15.9 Å². The van der Waals surface area contributed by atoms with Gasteiger partial charge in [-0.2, -0.15) is 4.31 Å². The summed E-state index contributed by atoms with van der Waals surface area (Å²) in [7, 11) is -3.79. The van der Waals surface area contributed by atoms with Crippen LogP contribution >= 0.6 is 0 Å². The van der Waals surface area contributed by atoms with Gasteiger partial charge in [-0.3, -0.25) is 0 Å². The van der Waals surface area contributed by atoms with Gasteiger partial charge < -0.3 is 10.9 Å². The van der Waals surface area contributed by atoms with Crippen LogP contribution in [0.5, 0.6) is 0 Å². The summed E-state index contributed by atoms with van der Waals surface area (Å²) in [5, 5.41) is 11.7. The summed E-state index contributed by atoms with van der Waals surface area (Å²) in [5.74, 6) is -0.633. The Bertz CT molecular complexity index is 601. The first kappa shape index (κ1) is 14.7. The van der Waals surface area contributed by atoms with Gasteiger partial charge in [0, 0.05) is 6.54 Å². The molecule has 0 bridgehead atoms. The fourth-order valence-corrected chi connectivity index (χ4v) is 3.97. The molecular weight excluding hydrogens is 285 g/mol. The molecule has 20 heavy (non-hydrogen) atoms. The van der Waals surface area contributed by atoms with Crippen molar-refractivity contribution in [1.82, 2.24) is 4.31 Å². The zero-order chi connectivity index (χ0) is 14.8. The number of piperidine rings is 1. The molecule has 1 aliphatic rings. The van der Waals surface area contributed by atoms with Crippen LogP contribution in [0.3, 0.4) is 0 Å². The molecule has 8 heteroatoms. The first-order valence-electron chi connectivity index (χ1n) is 6.21. The van der Waals surface area contributed by atoms with E-state index in [4.69, 9.17) is 10.9 Å². The van der Waals surface area contributed by atoms with E-state index in [0.29, 0.717) is 19.4 Å². The van der Waals surface area contributed by atoms with Crippen LogP contribution in [-0.4, -0.2) is 36.4 Å². The summed E-state index contributed by atoms with van der Waals surface area (Å²) in [6, 6.07) is 3.94. The monoisotopic (exact) mass is 301 g/mol. The lowest BCUT2D eigenvalue weighted by atomic mass is 10.0. The Balaban J connectivity index is 2.38. The summed E-state index contributed by atoms with van der Waals surface area (Å²) < 4.78 is 39.2. The number of oxime groups is 1. The highest BCUT2D eigenvalue weighted by molar-refractivity contribution is 7.89. The molecule has 0 amide bonds. The average molecular weight is 301 g/mol. The molecule has 1 aromatic rings. The number of sulfonamides is 1. The van der Waals surface area contributed by atoms with Gasteiger partial charge in [-0.15, -0.1) is 0 Å². The highest BCUT2D eigenvalue weighted by atomic mass is 32.2. The minimum Gasteiger partial charge on any atom is -0.409 e. The smallest absolute Gasteiger partial charge is 0.243 e. The summed E-state index contributed by atoms with van der Waals surface area (Å²) in [5.41, 5.74) is 5.57. The lowest BCUT2D eigenvalue weighted by molar-refractivity contribution is 0.281. The Morgan fingerprint density at radius 1 is 1.35 bits per heavy atom. The fourth-order valence-electron chi connectivity index (χ4n) is 2.30. The maximum absolute atomic E-state index is 12.9. The third kappa shape index (κ3) is 2.75. The summed E-state index contributed by atoms with van der Waals surface area (Å²) >= 11 is 0. The zero-order valence-electron chi connectivity index (χ0n) is 10.7. The van der Waals surface area contributed by atoms with E-state index in [0.717, 1.165) is 18.6 Å². The van der Waals surface area contributed by atoms with Crippen LogP contribution < -0.4 is 5.73 Å². The molecule has 1 saturated heterocycles. The predicted molar refractivity (Wildman–Crippen MR) is 71.3 cm³/mol. The highest BCUT2D eigenvalue weighted by Gasteiger charge is 2.35. The molecule has 6 nitrogen and oxygen atoms in total. The lowest BCUT2D eigenvalue weighted by Gasteiger charge is -2.33. The minimum absolute atomic E-state index is 0.00320. The van der Waals surface area contributed by atoms with Crippen LogP contribution in [0.2, 0.25) is 0 Å². The number of halogens is 1. The molecule has 1 aliphatic heterocycles. The normalized spacial score (nSPS) is 21.9. The minimum atomic E-state index is -3.79. The molecule has 0 saturated carbocycles. The standard InChI is InChI=1S/C12H16FN3O3S/c13-9-4-6-10(7-5-9)20(18,19)16-8-2-1-3-11(16)12(14)15-17/h4-7,11,17H,1-3,8H2,(H2,14,15)/t11-/m0/s1. The molecule has 0 spiro atoms. The third-order valence-corrected chi connectivity index (χ3v) is 5.25. The van der Waals surface area contributed by atoms with Crippen molar-refractivity contribution in [2.24, 2.45) is 10.9 Å². The number of nitrogens with zero attached hydrogens (tertiary/aromatic N) is 2. The maximum atomic E-state index is 12.9. The number of nitrogens with two attached hydrogens (primary N) is 1. The van der Waals surface area contributed by atoms with Crippen LogP contribution in [0.15, 0.2) is 34.3 Å². The van der Waals surface area contributed by atoms with Crippen LogP contribution in [0, 0.1) is 5.82 Å². The Hall–Kier alpha value is -1.67. The third-order valence-electron chi connectivity index (χ3n) is 3.33. The van der Waals surface area contributed by atoms with Gasteiger partial charge in [-0.05, 0) is 37.1 Å². The van der Waals surface area contributed by atoms with Crippen molar-refractivity contribution in [3.8, 4) is 0 Å². The van der Waals surface area contributed by atoms with Gasteiger partial charge in [0.15, 0.2) is 5.84 Å². The van der Waals surface area contributed by atoms with E-state index in [9.17, 15) is 12.8 Å². The lowest BCUT2D eigenvalue weighted by Crippen LogP contribution is -2.50. The van der Waals surface area contributed by atoms with Crippen LogP contribution in [0.4, 0.5) is 4.39 Å². The van der Waals surface area contributed by atoms with E-state index in [1.54, 1.807) is 0 Å². The van der Waals surface area contributed by atoms with Crippen molar-refractivity contribution in [1.29, 1.82) is 0 Å². The molecule has 1 aromatic carbocycles. The molecular formula is C12H16FN3O3S. The largest absolute Gasteiger partial charge is 0.409 e. The second-order valence-electron chi connectivity index (χ2n) is 4.61. The quantitative estimate of drug-likeness (QED) is 0.378. The maximum Gasteiger partial charge on any atom is 0.243 e. The molecule has 0 radical (unpaired) electrons. The summed E-state index contributed by atoms with van der Waals surface area (Å²) in [4.78, 5) is -0.00320. The number of hydrogen-bond acceptors (Lipinski definition) is 4. The van der Waals surface area contributed by atoms with Crippen molar-refractivity contribution < 1.29 is 18.0 Å². The number of benzene rings is 1. The molecule has 0 aromatic heterocycles. The predicted octanol–water partition coefficient (Wildman–Crippen LogP) is 1.12. The summed E-state index contributed by atoms with van der Waals surface area (Å²) in [6.45, 7) is 0.292. The second kappa shape index (κ2) is 5.76. The molecule has 110 valence electrons. The first-order valence-corrected chi connectivity index (χ1v) is 7.65. The van der Waals surface area contributed by atoms with Gasteiger partial charge in [0.2, 0.25) is 10.0 Å². The Morgan fingerprint density at radius 2 is 2.00 bits per heavy atom. The van der Waals surface area contributed by atoms with Crippen molar-refractivity contribution in [2.75, 3.05) is 6.54 Å². The van der Waals surface area contributed by atoms with Gasteiger partial charge >= 0.3 is 0 Å². The number of amidine groups is 1. The van der Waals surface area contributed by atoms with E-state index in [-0.39, 0.29) is 10.7 Å². The van der Waals surface area contributed by atoms with Gasteiger partial charge in [-0.1, -0.05) is 11.6 Å². The van der Waals surface area contributed by atoms with Gasteiger partial charge in [0.1, 0.15) is 5.82 Å². The topological polar surface area (TPSA) is 96.0 Å². The van der Waals surface area contributed by atoms with Crippen molar-refractivity contribution in [3.63, 3.8) is 0 Å². The van der Waals surface area contributed by atoms with E-state index >= 15 is 0 Å². The van der Waals surface area contributed by atoms with E-state index in [1.807, 2.05) is 0 Å². The molecule has 0 unspecified atom stereocenters. The number of rotatable bonds is 3. The van der Waals surface area contributed by atoms with E-state index < -0.39 is 21.9 Å². The second-order valence-corrected chi connectivity index (χ2v) is 6.50. The van der Waals surface area contributed by atoms with Gasteiger partial charge in [-0.25, -0.2) is 12.8 Å². The molecule has 2 rings (SSSR count). The fraction of sp³-hybridized carbons (Fsp3) is 0.417. The highest BCUT2D eigenvalue weighted by Crippen LogP contribution is 2.25. The Morgan fingerprint density at radius 3 is 2.60 bits per heavy atom. The van der Waals surface area contributed by atoms with Gasteiger partial charge in [0.25, 0.3) is 0 Å². The first-order chi connectivity index (χ1) is 9.46. The van der Waals surface area contributed by atoms with Crippen LogP contribution in [-0.2, 0) is 10.0 Å². The molecule has 3 N–H and O–H groups in total. The van der Waals surface area contributed by atoms with Crippen LogP contribution in [0.25, 0.3) is 0 Å². The van der Waals surface area contributed by atoms with Crippen molar-refractivity contribution in [2.45, 2.75) is 30.2 Å². The molecule has 1 heterocycles. The van der Waals surface area contributed by atoms with E-state index in [2.05, 4.69) is 5.16 Å². The zero-order valence-corrected chi connectivity index (χ0v) is 11.6. The molecule has 1 fully saturated rings. The number of hydrogen-bond donors (Lipinski definition) is 2.